The lowest BCUT2D eigenvalue weighted by atomic mass is 10.1. The summed E-state index contributed by atoms with van der Waals surface area (Å²) in [5.41, 5.74) is 4.19. The van der Waals surface area contributed by atoms with Gasteiger partial charge in [-0.15, -0.1) is 0 Å². The minimum absolute atomic E-state index is 0.468. The lowest BCUT2D eigenvalue weighted by Crippen LogP contribution is -1.91. The normalized spacial score (nSPS) is 11.5. The van der Waals surface area contributed by atoms with Gasteiger partial charge in [0.1, 0.15) is 0 Å². The van der Waals surface area contributed by atoms with Crippen LogP contribution in [0.3, 0.4) is 0 Å². The van der Waals surface area contributed by atoms with Crippen molar-refractivity contribution in [2.45, 2.75) is 170 Å². The van der Waals surface area contributed by atoms with Crippen LogP contribution in [0.2, 0.25) is 0 Å². The SMILES string of the molecule is CCCCCCCCc1ccccc1SP(Sc1ccccc1CCCCCCCC)Sc1ccccc1CCCCCCCC. The van der Waals surface area contributed by atoms with E-state index >= 15 is 0 Å². The smallest absolute Gasteiger partial charge is 0.0751 e. The Labute approximate surface area is 297 Å². The van der Waals surface area contributed by atoms with Gasteiger partial charge in [-0.2, -0.15) is 0 Å². The van der Waals surface area contributed by atoms with Crippen molar-refractivity contribution in [2.75, 3.05) is 0 Å². The highest BCUT2D eigenvalue weighted by molar-refractivity contribution is 9.12. The molecule has 46 heavy (non-hydrogen) atoms. The van der Waals surface area contributed by atoms with Crippen molar-refractivity contribution in [3.05, 3.63) is 89.5 Å². The highest BCUT2D eigenvalue weighted by atomic mass is 33.4. The Balaban J connectivity index is 1.75. The molecule has 0 saturated heterocycles. The third-order valence-corrected chi connectivity index (χ3v) is 18.2. The van der Waals surface area contributed by atoms with Crippen LogP contribution < -0.4 is 0 Å². The third-order valence-electron chi connectivity index (χ3n) is 8.84. The van der Waals surface area contributed by atoms with Gasteiger partial charge in [-0.25, -0.2) is 0 Å². The molecule has 0 N–H and O–H groups in total. The van der Waals surface area contributed by atoms with Gasteiger partial charge in [-0.3, -0.25) is 0 Å². The zero-order valence-electron chi connectivity index (χ0n) is 29.4. The van der Waals surface area contributed by atoms with E-state index in [0.717, 1.165) is 0 Å². The van der Waals surface area contributed by atoms with Crippen molar-refractivity contribution < 1.29 is 0 Å². The first-order valence-electron chi connectivity index (χ1n) is 18.8. The number of rotatable bonds is 27. The monoisotopic (exact) mass is 694 g/mol. The second-order valence-electron chi connectivity index (χ2n) is 12.9. The van der Waals surface area contributed by atoms with Gasteiger partial charge >= 0.3 is 0 Å². The van der Waals surface area contributed by atoms with Gasteiger partial charge in [0.2, 0.25) is 0 Å². The van der Waals surface area contributed by atoms with Crippen molar-refractivity contribution in [3.63, 3.8) is 0 Å². The Morgan fingerprint density at radius 3 is 0.913 bits per heavy atom. The highest BCUT2D eigenvalue weighted by Crippen LogP contribution is 2.76. The van der Waals surface area contributed by atoms with E-state index in [2.05, 4.69) is 128 Å². The number of hydrogen-bond acceptors (Lipinski definition) is 3. The maximum absolute atomic E-state index is 2.40. The molecular formula is C42H63PS3. The summed E-state index contributed by atoms with van der Waals surface area (Å²) < 4.78 is 0. The van der Waals surface area contributed by atoms with Crippen molar-refractivity contribution in [1.82, 2.24) is 0 Å². The quantitative estimate of drug-likeness (QED) is 0.0576. The highest BCUT2D eigenvalue weighted by Gasteiger charge is 2.20. The Kier molecular flexibility index (Phi) is 22.4. The first-order valence-corrected chi connectivity index (χ1v) is 24.4. The van der Waals surface area contributed by atoms with E-state index in [1.54, 1.807) is 16.7 Å². The van der Waals surface area contributed by atoms with Crippen LogP contribution in [0.4, 0.5) is 0 Å². The predicted octanol–water partition coefficient (Wildman–Crippen LogP) is 16.3. The van der Waals surface area contributed by atoms with Crippen LogP contribution in [0.1, 0.15) is 153 Å². The Morgan fingerprint density at radius 2 is 0.609 bits per heavy atom. The first kappa shape index (κ1) is 39.6. The number of hydrogen-bond donors (Lipinski definition) is 0. The lowest BCUT2D eigenvalue weighted by molar-refractivity contribution is 0.606. The second-order valence-corrected chi connectivity index (χ2v) is 22.2. The zero-order chi connectivity index (χ0) is 32.5. The van der Waals surface area contributed by atoms with Gasteiger partial charge in [0.05, 0.1) is 5.53 Å². The molecule has 4 heteroatoms. The molecule has 0 spiro atoms. The molecule has 0 radical (unpaired) electrons. The average molecular weight is 695 g/mol. The van der Waals surface area contributed by atoms with E-state index in [4.69, 9.17) is 0 Å². The van der Waals surface area contributed by atoms with Crippen LogP contribution in [-0.2, 0) is 19.3 Å². The summed E-state index contributed by atoms with van der Waals surface area (Å²) in [6.45, 7) is 6.92. The zero-order valence-corrected chi connectivity index (χ0v) is 32.8. The van der Waals surface area contributed by atoms with E-state index in [0.29, 0.717) is 0 Å². The standard InChI is InChI=1S/C42H63PS3/c1-4-7-10-13-16-19-28-37-31-22-25-34-40(37)44-43(45-41-35-26-23-32-38(41)29-20-17-14-11-8-5-2)46-42-36-27-24-33-39(42)30-21-18-15-12-9-6-3/h22-27,31-36H,4-21,28-30H2,1-3H3. The van der Waals surface area contributed by atoms with E-state index < -0.39 is 5.53 Å². The maximum atomic E-state index is 2.40. The van der Waals surface area contributed by atoms with Crippen LogP contribution in [-0.4, -0.2) is 0 Å². The first-order chi connectivity index (χ1) is 22.7. The van der Waals surface area contributed by atoms with Crippen LogP contribution >= 0.6 is 39.7 Å². The molecular weight excluding hydrogens is 632 g/mol. The molecule has 3 aromatic rings. The van der Waals surface area contributed by atoms with E-state index in [9.17, 15) is 0 Å². The molecule has 0 nitrogen and oxygen atoms in total. The predicted molar refractivity (Wildman–Crippen MR) is 215 cm³/mol. The molecule has 0 aliphatic carbocycles. The lowest BCUT2D eigenvalue weighted by Gasteiger charge is -2.20. The average Bonchev–Trinajstić information content (AvgIpc) is 3.08. The molecule has 254 valence electrons. The van der Waals surface area contributed by atoms with Gasteiger partial charge in [-0.1, -0.05) is 206 Å². The van der Waals surface area contributed by atoms with E-state index in [-0.39, 0.29) is 0 Å². The van der Waals surface area contributed by atoms with Gasteiger partial charge < -0.3 is 0 Å². The molecule has 3 rings (SSSR count). The minimum atomic E-state index is -0.468. The van der Waals surface area contributed by atoms with Crippen LogP contribution in [0.5, 0.6) is 0 Å². The second kappa shape index (κ2) is 26.1. The Bertz CT molecular complexity index is 1030. The number of benzene rings is 3. The fourth-order valence-corrected chi connectivity index (χ4v) is 16.6. The van der Waals surface area contributed by atoms with E-state index in [1.165, 1.54) is 150 Å². The van der Waals surface area contributed by atoms with Gasteiger partial charge in [0, 0.05) is 14.7 Å². The molecule has 0 fully saturated rings. The fourth-order valence-electron chi connectivity index (χ4n) is 5.98. The van der Waals surface area contributed by atoms with Crippen molar-refractivity contribution in [3.8, 4) is 0 Å². The number of aryl methyl sites for hydroxylation is 3. The van der Waals surface area contributed by atoms with E-state index in [1.807, 2.05) is 0 Å². The van der Waals surface area contributed by atoms with Gasteiger partial charge in [0.15, 0.2) is 0 Å². The topological polar surface area (TPSA) is 0 Å². The van der Waals surface area contributed by atoms with Crippen LogP contribution in [0.25, 0.3) is 0 Å². The van der Waals surface area contributed by atoms with Crippen molar-refractivity contribution in [1.29, 1.82) is 0 Å². The Morgan fingerprint density at radius 1 is 0.348 bits per heavy atom. The molecule has 0 aliphatic heterocycles. The van der Waals surface area contributed by atoms with Crippen LogP contribution in [0, 0.1) is 0 Å². The van der Waals surface area contributed by atoms with Crippen molar-refractivity contribution >= 4 is 39.7 Å². The molecule has 0 amide bonds. The maximum Gasteiger partial charge on any atom is 0.0877 e. The van der Waals surface area contributed by atoms with Crippen molar-refractivity contribution in [2.24, 2.45) is 0 Å². The summed E-state index contributed by atoms with van der Waals surface area (Å²) in [7, 11) is 0. The summed E-state index contributed by atoms with van der Waals surface area (Å²) in [6, 6.07) is 27.9. The summed E-state index contributed by atoms with van der Waals surface area (Å²) in [4.78, 5) is 4.51. The molecule has 0 aromatic heterocycles. The summed E-state index contributed by atoms with van der Waals surface area (Å²) in [5.74, 6) is 0. The molecule has 3 aromatic carbocycles. The van der Waals surface area contributed by atoms with Crippen LogP contribution in [0.15, 0.2) is 87.5 Å². The minimum Gasteiger partial charge on any atom is -0.0751 e. The summed E-state index contributed by atoms with van der Waals surface area (Å²) in [5, 5.41) is 0. The molecule has 0 unspecified atom stereocenters. The summed E-state index contributed by atoms with van der Waals surface area (Å²) in [6.07, 6.45) is 28.0. The largest absolute Gasteiger partial charge is 0.0877 e. The molecule has 0 saturated carbocycles. The molecule has 0 bridgehead atoms. The third kappa shape index (κ3) is 16.5. The van der Waals surface area contributed by atoms with Gasteiger partial charge in [0.25, 0.3) is 0 Å². The fraction of sp³-hybridized carbons (Fsp3) is 0.571. The molecule has 0 heterocycles. The number of unbranched alkanes of at least 4 members (excludes halogenated alkanes) is 15. The van der Waals surface area contributed by atoms with Gasteiger partial charge in [-0.05, 0) is 73.4 Å². The Hall–Kier alpha value is -0.860. The summed E-state index contributed by atoms with van der Waals surface area (Å²) >= 11 is 6.48. The molecule has 0 atom stereocenters. The molecule has 0 aliphatic rings.